The Morgan fingerprint density at radius 3 is 3.00 bits per heavy atom. The first-order valence-electron chi connectivity index (χ1n) is 12.6. The molecule has 1 aromatic carbocycles. The second-order valence-corrected chi connectivity index (χ2v) is 9.91. The number of fused-ring (bicyclic) bond motifs is 1. The Kier molecular flexibility index (Phi) is 6.72. The predicted octanol–water partition coefficient (Wildman–Crippen LogP) is 2.61. The fourth-order valence-corrected chi connectivity index (χ4v) is 5.94. The van der Waals surface area contributed by atoms with Gasteiger partial charge in [0.15, 0.2) is 0 Å². The molecule has 1 saturated carbocycles. The molecule has 0 radical (unpaired) electrons. The highest BCUT2D eigenvalue weighted by molar-refractivity contribution is 5.72. The van der Waals surface area contributed by atoms with Crippen LogP contribution in [0.15, 0.2) is 30.5 Å². The maximum atomic E-state index is 11.1. The topological polar surface area (TPSA) is 105 Å². The van der Waals surface area contributed by atoms with Crippen LogP contribution in [0, 0.1) is 5.92 Å². The van der Waals surface area contributed by atoms with E-state index in [0.717, 1.165) is 56.8 Å². The molecule has 3 aliphatic rings. The summed E-state index contributed by atoms with van der Waals surface area (Å²) in [5.74, 6) is 2.40. The minimum atomic E-state index is 0.0180. The number of nitrogens with zero attached hydrogens (tertiary/aromatic N) is 2. The molecule has 8 nitrogen and oxygen atoms in total. The maximum absolute atomic E-state index is 11.1. The molecule has 5 N–H and O–H groups in total. The molecule has 0 bridgehead atoms. The normalized spacial score (nSPS) is 26.9. The van der Waals surface area contributed by atoms with E-state index >= 15 is 0 Å². The summed E-state index contributed by atoms with van der Waals surface area (Å²) in [6, 6.07) is 6.46. The Morgan fingerprint density at radius 2 is 2.18 bits per heavy atom. The third kappa shape index (κ3) is 4.76. The monoisotopic (exact) mass is 464 g/mol. The van der Waals surface area contributed by atoms with Gasteiger partial charge in [-0.1, -0.05) is 19.1 Å². The zero-order valence-electron chi connectivity index (χ0n) is 20.1. The van der Waals surface area contributed by atoms with Crippen LogP contribution in [0.4, 0.5) is 0 Å². The number of hydrogen-bond donors (Lipinski definition) is 5. The number of benzene rings is 1. The van der Waals surface area contributed by atoms with Crippen molar-refractivity contribution in [1.29, 1.82) is 0 Å². The molecule has 4 unspecified atom stereocenters. The van der Waals surface area contributed by atoms with Crippen LogP contribution in [0.5, 0.6) is 5.75 Å². The number of carbonyl (C=O) groups is 1. The largest absolute Gasteiger partial charge is 0.508 e. The number of aromatic hydroxyl groups is 1. The van der Waals surface area contributed by atoms with Crippen molar-refractivity contribution in [3.05, 3.63) is 53.1 Å². The molecule has 1 aliphatic carbocycles. The Balaban J connectivity index is 1.20. The molecule has 4 atom stereocenters. The van der Waals surface area contributed by atoms with Crippen molar-refractivity contribution in [3.63, 3.8) is 0 Å². The van der Waals surface area contributed by atoms with Crippen LogP contribution in [-0.2, 0) is 11.2 Å². The van der Waals surface area contributed by atoms with Crippen LogP contribution in [0.1, 0.15) is 67.7 Å². The van der Waals surface area contributed by atoms with Crippen LogP contribution in [-0.4, -0.2) is 58.1 Å². The highest BCUT2D eigenvalue weighted by Crippen LogP contribution is 2.44. The molecule has 1 saturated heterocycles. The summed E-state index contributed by atoms with van der Waals surface area (Å²) in [5.41, 5.74) is 12.1. The standard InChI is InChI=1S/C26H36N6O2/c1-3-17-12-20(34)5-7-21(17)18-4-6-22-23(13-18)30-31-25(22)26-28-14-24(29-26)19-8-10-32(15-19)11-9-27-16(2)33/h5,7-8,12,14,18,22-23,25,30-31,34H,3-4,6,9-11,13,15H2,1-2H3,(H,27,33)(H,28,29). The molecule has 1 aromatic heterocycles. The van der Waals surface area contributed by atoms with Crippen molar-refractivity contribution in [2.45, 2.75) is 57.5 Å². The number of phenols is 1. The maximum Gasteiger partial charge on any atom is 0.216 e. The zero-order chi connectivity index (χ0) is 23.7. The van der Waals surface area contributed by atoms with E-state index in [0.29, 0.717) is 30.2 Å². The number of amides is 1. The summed E-state index contributed by atoms with van der Waals surface area (Å²) in [6.07, 6.45) is 8.54. The van der Waals surface area contributed by atoms with Gasteiger partial charge in [-0.2, -0.15) is 0 Å². The molecular weight excluding hydrogens is 428 g/mol. The van der Waals surface area contributed by atoms with Crippen molar-refractivity contribution >= 4 is 11.5 Å². The molecule has 1 amide bonds. The third-order valence-corrected chi connectivity index (χ3v) is 7.73. The zero-order valence-corrected chi connectivity index (χ0v) is 20.1. The number of aryl methyl sites for hydroxylation is 1. The number of nitrogens with one attached hydrogen (secondary N) is 4. The Labute approximate surface area is 201 Å². The summed E-state index contributed by atoms with van der Waals surface area (Å²) < 4.78 is 0. The quantitative estimate of drug-likeness (QED) is 0.431. The van der Waals surface area contributed by atoms with E-state index in [1.54, 1.807) is 6.92 Å². The third-order valence-electron chi connectivity index (χ3n) is 7.73. The highest BCUT2D eigenvalue weighted by atomic mass is 16.3. The average molecular weight is 465 g/mol. The summed E-state index contributed by atoms with van der Waals surface area (Å²) in [4.78, 5) is 21.8. The lowest BCUT2D eigenvalue weighted by Gasteiger charge is -2.33. The molecule has 2 aliphatic heterocycles. The molecule has 8 heteroatoms. The Morgan fingerprint density at radius 1 is 1.29 bits per heavy atom. The van der Waals surface area contributed by atoms with Crippen LogP contribution < -0.4 is 16.2 Å². The molecular formula is C26H36N6O2. The number of hydrogen-bond acceptors (Lipinski definition) is 6. The van der Waals surface area contributed by atoms with Crippen LogP contribution in [0.25, 0.3) is 5.57 Å². The van der Waals surface area contributed by atoms with Gasteiger partial charge in [0.25, 0.3) is 0 Å². The minimum absolute atomic E-state index is 0.0180. The van der Waals surface area contributed by atoms with Gasteiger partial charge in [0, 0.05) is 39.1 Å². The molecule has 5 rings (SSSR count). The fraction of sp³-hybridized carbons (Fsp3) is 0.538. The number of H-pyrrole nitrogens is 1. The summed E-state index contributed by atoms with van der Waals surface area (Å²) in [6.45, 7) is 7.01. The van der Waals surface area contributed by atoms with Crippen molar-refractivity contribution in [1.82, 2.24) is 31.0 Å². The van der Waals surface area contributed by atoms with E-state index < -0.39 is 0 Å². The van der Waals surface area contributed by atoms with Crippen LogP contribution >= 0.6 is 0 Å². The fourth-order valence-electron chi connectivity index (χ4n) is 5.94. The number of aromatic amines is 1. The second kappa shape index (κ2) is 9.90. The van der Waals surface area contributed by atoms with Gasteiger partial charge in [0.2, 0.25) is 5.91 Å². The van der Waals surface area contributed by atoms with Crippen molar-refractivity contribution in [2.75, 3.05) is 26.2 Å². The van der Waals surface area contributed by atoms with Gasteiger partial charge in [-0.25, -0.2) is 10.4 Å². The average Bonchev–Trinajstić information content (AvgIpc) is 3.57. The van der Waals surface area contributed by atoms with Gasteiger partial charge in [-0.15, -0.1) is 0 Å². The van der Waals surface area contributed by atoms with Gasteiger partial charge in [-0.3, -0.25) is 15.1 Å². The molecule has 2 aromatic rings. The Bertz CT molecular complexity index is 1060. The van der Waals surface area contributed by atoms with E-state index in [4.69, 9.17) is 4.98 Å². The molecule has 182 valence electrons. The molecule has 0 spiro atoms. The number of carbonyl (C=O) groups excluding carboxylic acids is 1. The van der Waals surface area contributed by atoms with E-state index in [9.17, 15) is 9.90 Å². The number of imidazole rings is 1. The number of rotatable bonds is 7. The van der Waals surface area contributed by atoms with Gasteiger partial charge >= 0.3 is 0 Å². The van der Waals surface area contributed by atoms with Crippen molar-refractivity contribution < 1.29 is 9.90 Å². The van der Waals surface area contributed by atoms with Crippen LogP contribution in [0.2, 0.25) is 0 Å². The lowest BCUT2D eigenvalue weighted by Crippen LogP contribution is -2.35. The van der Waals surface area contributed by atoms with E-state index in [1.165, 1.54) is 16.7 Å². The molecule has 34 heavy (non-hydrogen) atoms. The number of phenolic OH excluding ortho intramolecular Hbond substituents is 1. The first-order valence-corrected chi connectivity index (χ1v) is 12.6. The van der Waals surface area contributed by atoms with Crippen LogP contribution in [0.3, 0.4) is 0 Å². The van der Waals surface area contributed by atoms with Gasteiger partial charge in [-0.05, 0) is 66.4 Å². The van der Waals surface area contributed by atoms with Crippen molar-refractivity contribution in [2.24, 2.45) is 5.92 Å². The lowest BCUT2D eigenvalue weighted by atomic mass is 9.73. The second-order valence-electron chi connectivity index (χ2n) is 9.91. The predicted molar refractivity (Wildman–Crippen MR) is 132 cm³/mol. The van der Waals surface area contributed by atoms with E-state index in [-0.39, 0.29) is 11.9 Å². The first-order chi connectivity index (χ1) is 16.5. The smallest absolute Gasteiger partial charge is 0.216 e. The van der Waals surface area contributed by atoms with E-state index in [2.05, 4.69) is 45.1 Å². The van der Waals surface area contributed by atoms with E-state index in [1.807, 2.05) is 18.3 Å². The summed E-state index contributed by atoms with van der Waals surface area (Å²) in [7, 11) is 0. The first kappa shape index (κ1) is 23.1. The SMILES string of the molecule is CCc1cc(O)ccc1C1CCC2C(C1)NNC2c1ncc(C2=CCN(CCNC(C)=O)C2)[nH]1. The van der Waals surface area contributed by atoms with Gasteiger partial charge in [0.05, 0.1) is 17.9 Å². The summed E-state index contributed by atoms with van der Waals surface area (Å²) in [5, 5.41) is 12.7. The highest BCUT2D eigenvalue weighted by Gasteiger charge is 2.42. The molecule has 2 fully saturated rings. The molecule has 3 heterocycles. The lowest BCUT2D eigenvalue weighted by molar-refractivity contribution is -0.119. The summed E-state index contributed by atoms with van der Waals surface area (Å²) >= 11 is 0. The number of hydrazine groups is 1. The number of aromatic nitrogens is 2. The minimum Gasteiger partial charge on any atom is -0.508 e. The van der Waals surface area contributed by atoms with Crippen molar-refractivity contribution in [3.8, 4) is 5.75 Å². The van der Waals surface area contributed by atoms with Gasteiger partial charge in [0.1, 0.15) is 11.6 Å². The Hall–Kier alpha value is -2.68. The van der Waals surface area contributed by atoms with Gasteiger partial charge < -0.3 is 15.4 Å².